The molecule has 4 saturated heterocycles. The van der Waals surface area contributed by atoms with E-state index in [9.17, 15) is 9.59 Å². The minimum absolute atomic E-state index is 0.0422. The maximum absolute atomic E-state index is 12.9. The van der Waals surface area contributed by atoms with Gasteiger partial charge in [0.2, 0.25) is 16.9 Å². The van der Waals surface area contributed by atoms with Crippen LogP contribution in [0.4, 0.5) is 5.88 Å². The van der Waals surface area contributed by atoms with Crippen molar-refractivity contribution in [3.8, 4) is 0 Å². The number of primary amides is 1. The summed E-state index contributed by atoms with van der Waals surface area (Å²) in [5, 5.41) is 14.4. The Labute approximate surface area is 247 Å². The molecular weight excluding hydrogens is 564 g/mol. The molecule has 5 aliphatic rings. The number of nitrogens with two attached hydrogens (primary N) is 2. The fourth-order valence-electron chi connectivity index (χ4n) is 6.74. The number of carbonyl (C=O) groups excluding carboxylic acids is 1. The maximum atomic E-state index is 12.9. The Morgan fingerprint density at radius 3 is 2.79 bits per heavy atom. The van der Waals surface area contributed by atoms with Gasteiger partial charge in [0.05, 0.1) is 55.7 Å². The highest BCUT2D eigenvalue weighted by molar-refractivity contribution is 8.00. The molecule has 230 valence electrons. The van der Waals surface area contributed by atoms with Gasteiger partial charge in [0.1, 0.15) is 11.8 Å². The number of rotatable bonds is 7. The van der Waals surface area contributed by atoms with Crippen molar-refractivity contribution >= 4 is 34.7 Å². The van der Waals surface area contributed by atoms with Crippen LogP contribution in [0, 0.1) is 5.92 Å². The van der Waals surface area contributed by atoms with Crippen LogP contribution in [-0.4, -0.2) is 86.5 Å². The van der Waals surface area contributed by atoms with Crippen LogP contribution in [0.1, 0.15) is 36.5 Å². The first kappa shape index (κ1) is 28.5. The van der Waals surface area contributed by atoms with Crippen LogP contribution in [0.25, 0.3) is 11.2 Å². The molecule has 0 spiro atoms. The molecule has 0 bridgehead atoms. The van der Waals surface area contributed by atoms with Gasteiger partial charge < -0.3 is 29.9 Å². The molecule has 1 amide bonds. The normalized spacial score (nSPS) is 36.0. The summed E-state index contributed by atoms with van der Waals surface area (Å²) in [6.45, 7) is 3.67. The third-order valence-corrected chi connectivity index (χ3v) is 10.3. The average Bonchev–Trinajstić information content (AvgIpc) is 3.75. The molecule has 15 nitrogen and oxygen atoms in total. The molecule has 2 aromatic heterocycles. The molecule has 10 N–H and O–H groups in total. The first-order chi connectivity index (χ1) is 20.5. The Balaban J connectivity index is 1.08. The minimum atomic E-state index is -0.552. The lowest BCUT2D eigenvalue weighted by Crippen LogP contribution is -2.76. The number of anilines is 1. The zero-order valence-corrected chi connectivity index (χ0v) is 24.2. The smallest absolute Gasteiger partial charge is 0.230 e. The predicted octanol–water partition coefficient (Wildman–Crippen LogP) is -1.66. The SMILES string of the molecule is NC(=O)C1C(NC2NCC(c3coc4c(=O)cc(N5CCOCC5)oc34)S2)NC(N[C@H]2CCCC[C@H]2N)N2CNNC12. The van der Waals surface area contributed by atoms with Gasteiger partial charge in [-0.15, -0.1) is 11.8 Å². The van der Waals surface area contributed by atoms with E-state index in [1.165, 1.54) is 6.07 Å². The molecule has 6 heterocycles. The Morgan fingerprint density at radius 2 is 1.98 bits per heavy atom. The fourth-order valence-corrected chi connectivity index (χ4v) is 7.98. The second-order valence-corrected chi connectivity index (χ2v) is 12.9. The highest BCUT2D eigenvalue weighted by Gasteiger charge is 2.49. The molecule has 1 saturated carbocycles. The lowest BCUT2D eigenvalue weighted by atomic mass is 9.90. The van der Waals surface area contributed by atoms with Gasteiger partial charge in [-0.05, 0) is 12.8 Å². The molecule has 2 aromatic rings. The highest BCUT2D eigenvalue weighted by Crippen LogP contribution is 2.40. The minimum Gasteiger partial charge on any atom is -0.456 e. The van der Waals surface area contributed by atoms with Crippen LogP contribution < -0.4 is 53.9 Å². The molecule has 42 heavy (non-hydrogen) atoms. The molecule has 8 atom stereocenters. The lowest BCUT2D eigenvalue weighted by Gasteiger charge is -2.48. The van der Waals surface area contributed by atoms with Crippen LogP contribution in [0.15, 0.2) is 26.0 Å². The van der Waals surface area contributed by atoms with E-state index in [0.717, 1.165) is 31.2 Å². The molecule has 0 radical (unpaired) electrons. The summed E-state index contributed by atoms with van der Waals surface area (Å²) in [6.07, 6.45) is 4.98. The fraction of sp³-hybridized carbons (Fsp3) is 0.692. The van der Waals surface area contributed by atoms with E-state index in [4.69, 9.17) is 25.0 Å². The maximum Gasteiger partial charge on any atom is 0.230 e. The largest absolute Gasteiger partial charge is 0.456 e. The summed E-state index contributed by atoms with van der Waals surface area (Å²) >= 11 is 1.64. The Kier molecular flexibility index (Phi) is 8.17. The van der Waals surface area contributed by atoms with Gasteiger partial charge in [-0.2, -0.15) is 0 Å². The number of nitrogens with one attached hydrogen (secondary N) is 6. The van der Waals surface area contributed by atoms with E-state index in [-0.39, 0.29) is 46.3 Å². The summed E-state index contributed by atoms with van der Waals surface area (Å²) in [5.74, 6) is -0.432. The first-order valence-corrected chi connectivity index (χ1v) is 15.7. The average molecular weight is 605 g/mol. The monoisotopic (exact) mass is 604 g/mol. The number of thioether (sulfide) groups is 1. The van der Waals surface area contributed by atoms with Crippen molar-refractivity contribution in [2.45, 2.75) is 67.1 Å². The van der Waals surface area contributed by atoms with E-state index in [0.29, 0.717) is 51.0 Å². The Bertz CT molecular complexity index is 1340. The summed E-state index contributed by atoms with van der Waals surface area (Å²) < 4.78 is 17.4. The highest BCUT2D eigenvalue weighted by atomic mass is 32.2. The topological polar surface area (TPSA) is 200 Å². The Hall–Kier alpha value is -2.25. The first-order valence-electron chi connectivity index (χ1n) is 14.8. The van der Waals surface area contributed by atoms with Crippen LogP contribution in [0.3, 0.4) is 0 Å². The van der Waals surface area contributed by atoms with E-state index in [1.807, 2.05) is 4.90 Å². The van der Waals surface area contributed by atoms with Gasteiger partial charge in [-0.1, -0.05) is 12.8 Å². The predicted molar refractivity (Wildman–Crippen MR) is 157 cm³/mol. The van der Waals surface area contributed by atoms with Crippen molar-refractivity contribution in [2.24, 2.45) is 17.4 Å². The number of ether oxygens (including phenoxy) is 1. The summed E-state index contributed by atoms with van der Waals surface area (Å²) in [7, 11) is 0. The molecule has 7 rings (SSSR count). The van der Waals surface area contributed by atoms with E-state index >= 15 is 0 Å². The van der Waals surface area contributed by atoms with Crippen LogP contribution in [-0.2, 0) is 9.53 Å². The molecule has 1 aliphatic carbocycles. The zero-order chi connectivity index (χ0) is 28.8. The second kappa shape index (κ2) is 12.0. The Morgan fingerprint density at radius 1 is 1.14 bits per heavy atom. The van der Waals surface area contributed by atoms with Crippen LogP contribution in [0.2, 0.25) is 0 Å². The van der Waals surface area contributed by atoms with Gasteiger partial charge in [0.25, 0.3) is 0 Å². The van der Waals surface area contributed by atoms with Crippen molar-refractivity contribution in [3.05, 3.63) is 28.1 Å². The molecule has 0 aromatic carbocycles. The van der Waals surface area contributed by atoms with Crippen molar-refractivity contribution in [2.75, 3.05) is 44.4 Å². The number of carbonyl (C=O) groups is 1. The zero-order valence-electron chi connectivity index (χ0n) is 23.3. The number of fused-ring (bicyclic) bond motifs is 2. The van der Waals surface area contributed by atoms with Crippen molar-refractivity contribution in [1.29, 1.82) is 0 Å². The molecule has 6 unspecified atom stereocenters. The quantitative estimate of drug-likeness (QED) is 0.178. The third-order valence-electron chi connectivity index (χ3n) is 9.00. The number of hydrogen-bond donors (Lipinski definition) is 8. The summed E-state index contributed by atoms with van der Waals surface area (Å²) in [4.78, 5) is 29.7. The van der Waals surface area contributed by atoms with Crippen LogP contribution >= 0.6 is 11.8 Å². The molecule has 5 fully saturated rings. The van der Waals surface area contributed by atoms with Crippen molar-refractivity contribution in [1.82, 2.24) is 37.0 Å². The standard InChI is InChI=1S/C26H40N10O5S/c27-14-3-1-2-4-15(14)31-25-32-23(19(22(28)38)24-34-30-12-36(24)25)33-26-29-10-17(42-26)13-11-40-21-16(37)9-18(41-20(13)21)35-5-7-39-8-6-35/h9,11,14-15,17,19,23-26,29-34H,1-8,10,12,27H2,(H2,28,38)/t14-,15+,17?,19?,23?,24?,25?,26?/m1/s1. The number of furan rings is 1. The number of nitrogens with zero attached hydrogens (tertiary/aromatic N) is 2. The second-order valence-electron chi connectivity index (χ2n) is 11.6. The summed E-state index contributed by atoms with van der Waals surface area (Å²) in [6, 6.07) is 1.76. The van der Waals surface area contributed by atoms with Gasteiger partial charge in [0.15, 0.2) is 11.5 Å². The number of hydrogen-bond acceptors (Lipinski definition) is 15. The van der Waals surface area contributed by atoms with Gasteiger partial charge >= 0.3 is 0 Å². The number of amides is 1. The molecular formula is C26H40N10O5S. The number of morpholine rings is 1. The van der Waals surface area contributed by atoms with Crippen molar-refractivity contribution < 1.29 is 18.4 Å². The van der Waals surface area contributed by atoms with Crippen LogP contribution in [0.5, 0.6) is 0 Å². The van der Waals surface area contributed by atoms with Gasteiger partial charge in [0, 0.05) is 37.3 Å². The van der Waals surface area contributed by atoms with Gasteiger partial charge in [-0.3, -0.25) is 30.9 Å². The number of hydrazine groups is 1. The third kappa shape index (κ3) is 5.45. The van der Waals surface area contributed by atoms with E-state index in [1.54, 1.807) is 18.0 Å². The lowest BCUT2D eigenvalue weighted by molar-refractivity contribution is -0.130. The molecule has 16 heteroatoms. The molecule has 4 aliphatic heterocycles. The van der Waals surface area contributed by atoms with Crippen molar-refractivity contribution in [3.63, 3.8) is 0 Å². The summed E-state index contributed by atoms with van der Waals surface area (Å²) in [5.41, 5.74) is 19.9. The van der Waals surface area contributed by atoms with E-state index < -0.39 is 18.0 Å². The van der Waals surface area contributed by atoms with Gasteiger partial charge in [-0.25, -0.2) is 15.8 Å². The van der Waals surface area contributed by atoms with E-state index in [2.05, 4.69) is 37.0 Å².